The summed E-state index contributed by atoms with van der Waals surface area (Å²) in [5.41, 5.74) is 11.0. The van der Waals surface area contributed by atoms with Gasteiger partial charge in [-0.1, -0.05) is 84.9 Å². The third kappa shape index (κ3) is 7.04. The first-order valence-corrected chi connectivity index (χ1v) is 27.3. The van der Waals surface area contributed by atoms with Crippen molar-refractivity contribution in [3.63, 3.8) is 0 Å². The van der Waals surface area contributed by atoms with Gasteiger partial charge < -0.3 is 9.13 Å². The van der Waals surface area contributed by atoms with Gasteiger partial charge in [-0.05, 0) is 61.8 Å². The largest absolute Gasteiger partial charge is 0.318 e. The van der Waals surface area contributed by atoms with E-state index < -0.39 is 0 Å². The summed E-state index contributed by atoms with van der Waals surface area (Å²) in [6.45, 7) is 4.66. The van der Waals surface area contributed by atoms with Gasteiger partial charge in [-0.25, -0.2) is 0 Å². The van der Waals surface area contributed by atoms with Crippen molar-refractivity contribution < 1.29 is 23.0 Å². The molecule has 2 nitrogen and oxygen atoms in total. The van der Waals surface area contributed by atoms with Crippen molar-refractivity contribution >= 4 is 95.5 Å². The van der Waals surface area contributed by atoms with Crippen molar-refractivity contribution in [2.75, 3.05) is 0 Å². The summed E-state index contributed by atoms with van der Waals surface area (Å²) >= 11 is 1.45. The molecule has 0 amide bonds. The Morgan fingerprint density at radius 3 is 1.05 bits per heavy atom. The van der Waals surface area contributed by atoms with Gasteiger partial charge in [0.05, 0.1) is 22.1 Å². The molecule has 0 spiro atoms. The first-order chi connectivity index (χ1) is 26.5. The summed E-state index contributed by atoms with van der Waals surface area (Å²) in [5.74, 6) is 1.58. The summed E-state index contributed by atoms with van der Waals surface area (Å²) in [4.78, 5) is 0. The number of hydrogen-bond donors (Lipinski definition) is 0. The Labute approximate surface area is 355 Å². The topological polar surface area (TPSA) is 9.86 Å². The van der Waals surface area contributed by atoms with Crippen LogP contribution in [0.15, 0.2) is 158 Å². The van der Waals surface area contributed by atoms with E-state index in [0.29, 0.717) is 0 Å². The number of hydrogen-bond acceptors (Lipinski definition) is 0. The minimum absolute atomic E-state index is 0. The van der Waals surface area contributed by atoms with Crippen LogP contribution in [0.4, 0.5) is 0 Å². The van der Waals surface area contributed by atoms with Gasteiger partial charge in [0, 0.05) is 32.9 Å². The van der Waals surface area contributed by atoms with Gasteiger partial charge in [-0.15, -0.1) is 93.9 Å². The Hall–Kier alpha value is -4.19. The number of fused-ring (bicyclic) bond motifs is 8. The van der Waals surface area contributed by atoms with E-state index >= 15 is 0 Å². The number of rotatable bonds is 4. The first-order valence-electron chi connectivity index (χ1n) is 19.4. The van der Waals surface area contributed by atoms with Crippen LogP contribution < -0.4 is 0 Å². The number of halogens is 2. The number of nitrogens with zero attached hydrogens (tertiary/aromatic N) is 2. The minimum Gasteiger partial charge on any atom is -0.318 e. The van der Waals surface area contributed by atoms with Crippen molar-refractivity contribution in [1.82, 2.24) is 9.13 Å². The van der Waals surface area contributed by atoms with Gasteiger partial charge >= 0.3 is 41.6 Å². The second-order valence-electron chi connectivity index (χ2n) is 15.4. The van der Waals surface area contributed by atoms with Crippen LogP contribution in [0, 0.1) is 0 Å². The Morgan fingerprint density at radius 1 is 0.446 bits per heavy atom. The van der Waals surface area contributed by atoms with Crippen molar-refractivity contribution in [1.29, 1.82) is 0 Å². The predicted octanol–water partition coefficient (Wildman–Crippen LogP) is 14.7. The minimum atomic E-state index is 0. The van der Waals surface area contributed by atoms with E-state index in [1.807, 2.05) is 0 Å². The summed E-state index contributed by atoms with van der Waals surface area (Å²) in [5, 5.41) is 10.8. The van der Waals surface area contributed by atoms with E-state index in [0.717, 1.165) is 11.8 Å². The first kappa shape index (κ1) is 38.7. The van der Waals surface area contributed by atoms with E-state index in [9.17, 15) is 0 Å². The van der Waals surface area contributed by atoms with Crippen LogP contribution in [0.3, 0.4) is 0 Å². The molecular weight excluding hydrogens is 906 g/mol. The van der Waals surface area contributed by atoms with Gasteiger partial charge in [0.2, 0.25) is 0 Å². The van der Waals surface area contributed by atoms with Gasteiger partial charge in [0.1, 0.15) is 0 Å². The van der Waals surface area contributed by atoms with Crippen LogP contribution in [-0.2, 0) is 23.0 Å². The maximum Gasteiger partial charge on any atom is 0.0532 e. The fourth-order valence-corrected chi connectivity index (χ4v) is 8.54. The molecule has 0 saturated heterocycles. The fourth-order valence-electron chi connectivity index (χ4n) is 8.54. The summed E-state index contributed by atoms with van der Waals surface area (Å²) in [6.07, 6.45) is 5.39. The molecule has 0 radical (unpaired) electrons. The maximum atomic E-state index is 2.43. The molecule has 2 aliphatic carbocycles. The molecule has 0 atom stereocenters. The SMILES string of the molecule is C[Si](C)=[Hf+2].Cl.Cl.c1cc(-n2c3ccccc3c3ccccc32)c2cc(C3CC3)[cH-]c2c1.c1cc(-n2c3ccccc3c3ccccc32)c2cc(C3CC3)[cH-]c2c1. The molecule has 0 aliphatic heterocycles. The molecule has 12 rings (SSSR count). The molecule has 2 aliphatic rings. The van der Waals surface area contributed by atoms with Crippen LogP contribution in [0.1, 0.15) is 48.6 Å². The van der Waals surface area contributed by atoms with Crippen molar-refractivity contribution in [2.24, 2.45) is 0 Å². The maximum absolute atomic E-state index is 2.43. The summed E-state index contributed by atoms with van der Waals surface area (Å²) in [7, 11) is 0. The monoisotopic (exact) mass is 950 g/mol. The molecule has 8 aromatic carbocycles. The zero-order valence-electron chi connectivity index (χ0n) is 31.7. The van der Waals surface area contributed by atoms with Crippen molar-refractivity contribution in [3.8, 4) is 11.4 Å². The molecule has 2 fully saturated rings. The van der Waals surface area contributed by atoms with Crippen LogP contribution in [-0.4, -0.2) is 14.6 Å². The van der Waals surface area contributed by atoms with Crippen LogP contribution in [0.2, 0.25) is 13.1 Å². The van der Waals surface area contributed by atoms with Crippen molar-refractivity contribution in [2.45, 2.75) is 50.6 Å². The van der Waals surface area contributed by atoms with Crippen LogP contribution >= 0.6 is 24.8 Å². The zero-order valence-corrected chi connectivity index (χ0v) is 37.9. The van der Waals surface area contributed by atoms with Crippen molar-refractivity contribution in [3.05, 3.63) is 169 Å². The Bertz CT molecular complexity index is 2720. The molecule has 0 N–H and O–H groups in total. The Balaban J connectivity index is 0.000000140. The smallest absolute Gasteiger partial charge is 0.0532 e. The fraction of sp³-hybridized carbons (Fsp3) is 0.160. The van der Waals surface area contributed by atoms with Gasteiger partial charge in [-0.3, -0.25) is 0 Å². The summed E-state index contributed by atoms with van der Waals surface area (Å²) < 4.78 is 4.87. The number of benzene rings is 6. The van der Waals surface area contributed by atoms with Crippen LogP contribution in [0.5, 0.6) is 0 Å². The normalized spacial score (nSPS) is 13.6. The Morgan fingerprint density at radius 2 is 0.750 bits per heavy atom. The van der Waals surface area contributed by atoms with Crippen LogP contribution in [0.25, 0.3) is 76.5 Å². The van der Waals surface area contributed by atoms with E-state index in [2.05, 4.69) is 180 Å². The van der Waals surface area contributed by atoms with E-state index in [1.165, 1.54) is 136 Å². The number of para-hydroxylation sites is 4. The summed E-state index contributed by atoms with van der Waals surface area (Å²) in [6, 6.07) is 58.0. The van der Waals surface area contributed by atoms with Gasteiger partial charge in [-0.2, -0.15) is 12.1 Å². The third-order valence-electron chi connectivity index (χ3n) is 11.2. The van der Waals surface area contributed by atoms with Gasteiger partial charge in [0.15, 0.2) is 0 Å². The van der Waals surface area contributed by atoms with E-state index in [1.54, 1.807) is 0 Å². The van der Waals surface area contributed by atoms with E-state index in [4.69, 9.17) is 0 Å². The molecule has 0 bridgehead atoms. The number of aromatic nitrogens is 2. The standard InChI is InChI=1S/2C24H18N.C2H6Si.2ClH.Hf/c2*1-3-9-22-19(7-1)20-8-2-4-10-23(20)25(22)24-11-5-6-17-14-18(15-21(17)24)16-12-13-16;1-3-2;;;/h2*1-11,14-16H,12-13H2;1-2H3;2*1H;/q2*-1;;;;+2. The molecule has 2 heterocycles. The molecule has 0 unspecified atom stereocenters. The molecule has 276 valence electrons. The quantitative estimate of drug-likeness (QED) is 0.123. The third-order valence-corrected chi connectivity index (χ3v) is 11.2. The average Bonchev–Trinajstić information content (AvgIpc) is 4.08. The molecule has 56 heavy (non-hydrogen) atoms. The zero-order chi connectivity index (χ0) is 36.3. The van der Waals surface area contributed by atoms with E-state index in [-0.39, 0.29) is 30.3 Å². The molecule has 2 aromatic heterocycles. The second kappa shape index (κ2) is 16.0. The average molecular weight is 950 g/mol. The van der Waals surface area contributed by atoms with Gasteiger partial charge in [0.25, 0.3) is 0 Å². The predicted molar refractivity (Wildman–Crippen MR) is 244 cm³/mol. The Kier molecular flexibility index (Phi) is 11.0. The molecule has 6 heteroatoms. The second-order valence-corrected chi connectivity index (χ2v) is 28.2. The molecule has 2 saturated carbocycles. The molecule has 10 aromatic rings. The molecular formula is C50H44Cl2HfN2Si.